The summed E-state index contributed by atoms with van der Waals surface area (Å²) < 4.78 is 18.5. The Bertz CT molecular complexity index is 425. The topological polar surface area (TPSA) is 32.7 Å². The van der Waals surface area contributed by atoms with Crippen molar-refractivity contribution in [1.82, 2.24) is 4.90 Å². The summed E-state index contributed by atoms with van der Waals surface area (Å²) in [5, 5.41) is 9.86. The third-order valence-corrected chi connectivity index (χ3v) is 3.92. The lowest BCUT2D eigenvalue weighted by Crippen LogP contribution is -2.42. The predicted octanol–water partition coefficient (Wildman–Crippen LogP) is 2.43. The maximum atomic E-state index is 13.6. The standard InChI is InChI=1S/C15H22FNO2/c1-3-12-10-17(7-6-14(12)18)9-11-4-5-15(19-2)13(16)8-11/h4-5,8,12,14,18H,3,6-7,9-10H2,1-2H3. The summed E-state index contributed by atoms with van der Waals surface area (Å²) in [5.74, 6) is 0.296. The number of nitrogens with zero attached hydrogens (tertiary/aromatic N) is 1. The molecule has 2 unspecified atom stereocenters. The summed E-state index contributed by atoms with van der Waals surface area (Å²) in [4.78, 5) is 2.28. The number of ether oxygens (including phenoxy) is 1. The van der Waals surface area contributed by atoms with Crippen LogP contribution in [0.1, 0.15) is 25.3 Å². The Labute approximate surface area is 114 Å². The summed E-state index contributed by atoms with van der Waals surface area (Å²) in [5.41, 5.74) is 0.949. The molecule has 0 aromatic heterocycles. The van der Waals surface area contributed by atoms with Crippen molar-refractivity contribution in [3.8, 4) is 5.75 Å². The summed E-state index contributed by atoms with van der Waals surface area (Å²) in [6, 6.07) is 5.10. The molecule has 0 bridgehead atoms. The molecule has 1 aliphatic heterocycles. The van der Waals surface area contributed by atoms with Crippen molar-refractivity contribution in [2.75, 3.05) is 20.2 Å². The molecule has 0 spiro atoms. The molecule has 19 heavy (non-hydrogen) atoms. The van der Waals surface area contributed by atoms with Crippen molar-refractivity contribution in [2.24, 2.45) is 5.92 Å². The Hall–Kier alpha value is -1.13. The van der Waals surface area contributed by atoms with Gasteiger partial charge in [0.2, 0.25) is 0 Å². The second kappa shape index (κ2) is 6.35. The minimum absolute atomic E-state index is 0.186. The van der Waals surface area contributed by atoms with Crippen LogP contribution in [-0.2, 0) is 6.54 Å². The molecule has 3 nitrogen and oxygen atoms in total. The molecule has 4 heteroatoms. The first kappa shape index (κ1) is 14.3. The highest BCUT2D eigenvalue weighted by molar-refractivity contribution is 5.29. The number of benzene rings is 1. The lowest BCUT2D eigenvalue weighted by atomic mass is 9.92. The first-order valence-electron chi connectivity index (χ1n) is 6.87. The average molecular weight is 267 g/mol. The number of halogens is 1. The molecule has 1 aromatic carbocycles. The zero-order chi connectivity index (χ0) is 13.8. The molecule has 0 amide bonds. The van der Waals surface area contributed by atoms with Crippen molar-refractivity contribution in [3.05, 3.63) is 29.6 Å². The van der Waals surface area contributed by atoms with Crippen LogP contribution in [0.2, 0.25) is 0 Å². The first-order chi connectivity index (χ1) is 9.13. The minimum Gasteiger partial charge on any atom is -0.494 e. The van der Waals surface area contributed by atoms with E-state index in [1.54, 1.807) is 6.07 Å². The fraction of sp³-hybridized carbons (Fsp3) is 0.600. The Balaban J connectivity index is 1.99. The Morgan fingerprint density at radius 2 is 2.26 bits per heavy atom. The van der Waals surface area contributed by atoms with E-state index in [0.29, 0.717) is 5.92 Å². The van der Waals surface area contributed by atoms with Crippen LogP contribution in [0.3, 0.4) is 0 Å². The highest BCUT2D eigenvalue weighted by Gasteiger charge is 2.26. The molecule has 0 saturated carbocycles. The van der Waals surface area contributed by atoms with Crippen LogP contribution >= 0.6 is 0 Å². The van der Waals surface area contributed by atoms with E-state index in [-0.39, 0.29) is 17.7 Å². The van der Waals surface area contributed by atoms with Gasteiger partial charge >= 0.3 is 0 Å². The van der Waals surface area contributed by atoms with E-state index >= 15 is 0 Å². The normalized spacial score (nSPS) is 24.4. The van der Waals surface area contributed by atoms with Crippen molar-refractivity contribution in [2.45, 2.75) is 32.4 Å². The van der Waals surface area contributed by atoms with Gasteiger partial charge in [-0.3, -0.25) is 4.90 Å². The van der Waals surface area contributed by atoms with Crippen LogP contribution in [0.15, 0.2) is 18.2 Å². The second-order valence-corrected chi connectivity index (χ2v) is 5.23. The van der Waals surface area contributed by atoms with Crippen LogP contribution < -0.4 is 4.74 Å². The van der Waals surface area contributed by atoms with Gasteiger partial charge in [-0.15, -0.1) is 0 Å². The Morgan fingerprint density at radius 1 is 1.47 bits per heavy atom. The summed E-state index contributed by atoms with van der Waals surface area (Å²) in [7, 11) is 1.47. The molecule has 1 fully saturated rings. The van der Waals surface area contributed by atoms with Gasteiger partial charge in [0.1, 0.15) is 0 Å². The lowest BCUT2D eigenvalue weighted by Gasteiger charge is -2.35. The molecule has 1 heterocycles. The smallest absolute Gasteiger partial charge is 0.165 e. The largest absolute Gasteiger partial charge is 0.494 e. The summed E-state index contributed by atoms with van der Waals surface area (Å²) in [6.45, 7) is 4.57. The molecule has 1 saturated heterocycles. The van der Waals surface area contributed by atoms with E-state index in [9.17, 15) is 9.50 Å². The van der Waals surface area contributed by atoms with Gasteiger partial charge in [-0.05, 0) is 36.5 Å². The maximum absolute atomic E-state index is 13.6. The van der Waals surface area contributed by atoms with E-state index in [1.807, 2.05) is 6.07 Å². The van der Waals surface area contributed by atoms with Gasteiger partial charge in [-0.1, -0.05) is 13.0 Å². The van der Waals surface area contributed by atoms with Crippen LogP contribution in [-0.4, -0.2) is 36.3 Å². The quantitative estimate of drug-likeness (QED) is 0.909. The predicted molar refractivity (Wildman–Crippen MR) is 72.6 cm³/mol. The number of hydrogen-bond acceptors (Lipinski definition) is 3. The zero-order valence-electron chi connectivity index (χ0n) is 11.6. The highest BCUT2D eigenvalue weighted by atomic mass is 19.1. The van der Waals surface area contributed by atoms with E-state index in [4.69, 9.17) is 4.74 Å². The van der Waals surface area contributed by atoms with E-state index in [1.165, 1.54) is 13.2 Å². The maximum Gasteiger partial charge on any atom is 0.165 e. The number of rotatable bonds is 4. The van der Waals surface area contributed by atoms with Crippen LogP contribution in [0.25, 0.3) is 0 Å². The first-order valence-corrected chi connectivity index (χ1v) is 6.87. The van der Waals surface area contributed by atoms with Crippen LogP contribution in [0.5, 0.6) is 5.75 Å². The summed E-state index contributed by atoms with van der Waals surface area (Å²) in [6.07, 6.45) is 1.60. The molecule has 1 N–H and O–H groups in total. The van der Waals surface area contributed by atoms with Gasteiger partial charge in [0.25, 0.3) is 0 Å². The van der Waals surface area contributed by atoms with Gasteiger partial charge in [0.15, 0.2) is 11.6 Å². The van der Waals surface area contributed by atoms with E-state index in [2.05, 4.69) is 11.8 Å². The van der Waals surface area contributed by atoms with Crippen molar-refractivity contribution in [1.29, 1.82) is 0 Å². The van der Waals surface area contributed by atoms with Gasteiger partial charge in [0.05, 0.1) is 13.2 Å². The van der Waals surface area contributed by atoms with E-state index in [0.717, 1.165) is 38.0 Å². The van der Waals surface area contributed by atoms with Gasteiger partial charge in [0, 0.05) is 19.6 Å². The molecule has 0 radical (unpaired) electrons. The molecular formula is C15H22FNO2. The van der Waals surface area contributed by atoms with Crippen LogP contribution in [0.4, 0.5) is 4.39 Å². The number of likely N-dealkylation sites (tertiary alicyclic amines) is 1. The fourth-order valence-electron chi connectivity index (χ4n) is 2.71. The Morgan fingerprint density at radius 3 is 2.89 bits per heavy atom. The Kier molecular flexibility index (Phi) is 4.77. The lowest BCUT2D eigenvalue weighted by molar-refractivity contribution is 0.0221. The molecule has 2 rings (SSSR count). The van der Waals surface area contributed by atoms with Crippen molar-refractivity contribution >= 4 is 0 Å². The number of aliphatic hydroxyl groups is 1. The van der Waals surface area contributed by atoms with Gasteiger partial charge in [-0.25, -0.2) is 4.39 Å². The molecule has 1 aromatic rings. The van der Waals surface area contributed by atoms with Crippen molar-refractivity contribution in [3.63, 3.8) is 0 Å². The zero-order valence-corrected chi connectivity index (χ0v) is 11.6. The summed E-state index contributed by atoms with van der Waals surface area (Å²) >= 11 is 0. The monoisotopic (exact) mass is 267 g/mol. The molecule has 0 aliphatic carbocycles. The highest BCUT2D eigenvalue weighted by Crippen LogP contribution is 2.23. The molecule has 1 aliphatic rings. The molecule has 2 atom stereocenters. The minimum atomic E-state index is -0.316. The third-order valence-electron chi connectivity index (χ3n) is 3.92. The number of piperidine rings is 1. The van der Waals surface area contributed by atoms with E-state index < -0.39 is 0 Å². The molecular weight excluding hydrogens is 245 g/mol. The SMILES string of the molecule is CCC1CN(Cc2ccc(OC)c(F)c2)CCC1O. The second-order valence-electron chi connectivity index (χ2n) is 5.23. The number of aliphatic hydroxyl groups excluding tert-OH is 1. The fourth-order valence-corrected chi connectivity index (χ4v) is 2.71. The van der Waals surface area contributed by atoms with Gasteiger partial charge in [-0.2, -0.15) is 0 Å². The average Bonchev–Trinajstić information content (AvgIpc) is 2.41. The third kappa shape index (κ3) is 3.45. The van der Waals surface area contributed by atoms with Crippen molar-refractivity contribution < 1.29 is 14.2 Å². The number of methoxy groups -OCH3 is 1. The van der Waals surface area contributed by atoms with Crippen LogP contribution in [0, 0.1) is 11.7 Å². The van der Waals surface area contributed by atoms with Gasteiger partial charge < -0.3 is 9.84 Å². The molecule has 106 valence electrons. The number of hydrogen-bond donors (Lipinski definition) is 1.